The van der Waals surface area contributed by atoms with E-state index in [9.17, 15) is 27.1 Å². The quantitative estimate of drug-likeness (QED) is 0.625. The van der Waals surface area contributed by atoms with Gasteiger partial charge in [0.15, 0.2) is 0 Å². The van der Waals surface area contributed by atoms with Gasteiger partial charge in [-0.3, -0.25) is 0 Å². The molecule has 0 saturated carbocycles. The van der Waals surface area contributed by atoms with Gasteiger partial charge in [-0.15, -0.1) is 0 Å². The number of rotatable bonds is 4. The maximum atomic E-state index is 12.0. The Morgan fingerprint density at radius 2 is 1.75 bits per heavy atom. The number of hydrogen-bond donors (Lipinski definition) is 0. The molecule has 0 rings (SSSR count). The van der Waals surface area contributed by atoms with Gasteiger partial charge in [0.2, 0.25) is 0 Å². The van der Waals surface area contributed by atoms with Gasteiger partial charge in [0.25, 0.3) is 5.83 Å². The highest BCUT2D eigenvalue weighted by Crippen LogP contribution is 2.29. The largest absolute Gasteiger partial charge is 0.414 e. The van der Waals surface area contributed by atoms with Crippen LogP contribution in [0.1, 0.15) is 0 Å². The van der Waals surface area contributed by atoms with Crippen molar-refractivity contribution in [1.82, 2.24) is 0 Å². The first-order valence-corrected chi connectivity index (χ1v) is 2.73. The van der Waals surface area contributed by atoms with Gasteiger partial charge in [-0.2, -0.15) is 22.0 Å². The van der Waals surface area contributed by atoms with Crippen LogP contribution in [0, 0.1) is 0 Å². The van der Waals surface area contributed by atoms with Crippen molar-refractivity contribution >= 4 is 0 Å². The fourth-order valence-corrected chi connectivity index (χ4v) is 0.343. The fraction of sp³-hybridized carbons (Fsp3) is 0.600. The molecule has 0 bridgehead atoms. The summed E-state index contributed by atoms with van der Waals surface area (Å²) in [6, 6.07) is 0. The zero-order chi connectivity index (χ0) is 9.78. The van der Waals surface area contributed by atoms with Crippen LogP contribution in [0.25, 0.3) is 0 Å². The van der Waals surface area contributed by atoms with Gasteiger partial charge in [-0.05, 0) is 0 Å². The molecule has 0 aromatic carbocycles. The second-order valence-electron chi connectivity index (χ2n) is 1.64. The second-order valence-corrected chi connectivity index (χ2v) is 1.64. The summed E-state index contributed by atoms with van der Waals surface area (Å²) in [5.74, 6) is -2.96. The van der Waals surface area contributed by atoms with Crippen LogP contribution in [0.2, 0.25) is 0 Å². The van der Waals surface area contributed by atoms with E-state index in [1.165, 1.54) is 0 Å². The molecule has 0 heterocycles. The molecule has 0 amide bonds. The first-order chi connectivity index (χ1) is 5.41. The van der Waals surface area contributed by atoms with E-state index >= 15 is 0 Å². The summed E-state index contributed by atoms with van der Waals surface area (Å²) in [5, 5.41) is 9.58. The molecule has 0 unspecified atom stereocenters. The molecule has 0 aliphatic carbocycles. The molecule has 0 aliphatic rings. The molecule has 0 saturated heterocycles. The van der Waals surface area contributed by atoms with E-state index in [-0.39, 0.29) is 0 Å². The van der Waals surface area contributed by atoms with Crippen LogP contribution < -0.4 is 0 Å². The van der Waals surface area contributed by atoms with Gasteiger partial charge < -0.3 is 4.74 Å². The van der Waals surface area contributed by atoms with E-state index < -0.39 is 31.2 Å². The Balaban J connectivity index is 4.29. The first-order valence-electron chi connectivity index (χ1n) is 2.73. The van der Waals surface area contributed by atoms with Crippen LogP contribution >= 0.6 is 0 Å². The molecule has 0 atom stereocenters. The maximum absolute atomic E-state index is 12.0. The number of hydrogen-bond acceptors (Lipinski definition) is 1. The van der Waals surface area contributed by atoms with E-state index in [0.717, 1.165) is 0 Å². The Labute approximate surface area is 64.2 Å². The Kier molecular flexibility index (Phi) is 4.11. The zero-order valence-corrected chi connectivity index (χ0v) is 5.62. The van der Waals surface area contributed by atoms with E-state index in [4.69, 9.17) is 0 Å². The highest BCUT2D eigenvalue weighted by Gasteiger charge is 2.40. The van der Waals surface area contributed by atoms with Gasteiger partial charge >= 0.3 is 12.2 Å². The molecule has 0 N–H and O–H groups in total. The molecule has 0 spiro atoms. The lowest BCUT2D eigenvalue weighted by Crippen LogP contribution is -2.23. The third-order valence-electron chi connectivity index (χ3n) is 0.788. The van der Waals surface area contributed by atoms with Crippen molar-refractivity contribution in [2.24, 2.45) is 0 Å². The van der Waals surface area contributed by atoms with Crippen LogP contribution in [0.3, 0.4) is 0 Å². The normalized spacial score (nSPS) is 11.5. The van der Waals surface area contributed by atoms with Gasteiger partial charge in [-0.25, -0.2) is 5.11 Å². The summed E-state index contributed by atoms with van der Waals surface area (Å²) in [6.45, 7) is -2.09. The third-order valence-corrected chi connectivity index (χ3v) is 0.788. The average Bonchev–Trinajstić information content (AvgIpc) is 1.99. The molecule has 71 valence electrons. The molecule has 12 heavy (non-hydrogen) atoms. The van der Waals surface area contributed by atoms with Crippen molar-refractivity contribution in [3.8, 4) is 0 Å². The highest BCUT2D eigenvalue weighted by atomic mass is 19.3. The molecular weight excluding hydrogens is 187 g/mol. The minimum absolute atomic E-state index is 1.03. The van der Waals surface area contributed by atoms with E-state index in [0.29, 0.717) is 0 Å². The second kappa shape index (κ2) is 4.36. The van der Waals surface area contributed by atoms with Gasteiger partial charge in [0.05, 0.1) is 6.61 Å². The van der Waals surface area contributed by atoms with E-state index in [1.807, 2.05) is 0 Å². The molecule has 0 aromatic rings. The standard InChI is InChI=1S/C5H4F5O2/c6-3(4(7)8)5(9,10)12-2-1-11/h1-2H2. The Morgan fingerprint density at radius 1 is 1.25 bits per heavy atom. The summed E-state index contributed by atoms with van der Waals surface area (Å²) in [6.07, 6.45) is -7.87. The number of alkyl halides is 2. The Morgan fingerprint density at radius 3 is 2.08 bits per heavy atom. The van der Waals surface area contributed by atoms with Gasteiger partial charge in [-0.1, -0.05) is 0 Å². The average molecular weight is 191 g/mol. The predicted molar refractivity (Wildman–Crippen MR) is 26.8 cm³/mol. The monoisotopic (exact) mass is 191 g/mol. The molecule has 1 radical (unpaired) electrons. The van der Waals surface area contributed by atoms with Crippen molar-refractivity contribution in [1.29, 1.82) is 0 Å². The van der Waals surface area contributed by atoms with Crippen molar-refractivity contribution in [3.63, 3.8) is 0 Å². The van der Waals surface area contributed by atoms with Crippen LogP contribution in [0.4, 0.5) is 22.0 Å². The Hall–Kier alpha value is -0.690. The summed E-state index contributed by atoms with van der Waals surface area (Å²) >= 11 is 0. The van der Waals surface area contributed by atoms with Gasteiger partial charge in [0, 0.05) is 0 Å². The number of halogens is 5. The highest BCUT2D eigenvalue weighted by molar-refractivity contribution is 4.99. The lowest BCUT2D eigenvalue weighted by Gasteiger charge is -2.12. The zero-order valence-electron chi connectivity index (χ0n) is 5.62. The van der Waals surface area contributed by atoms with E-state index in [1.54, 1.807) is 0 Å². The first kappa shape index (κ1) is 11.3. The SMILES string of the molecule is [O]CCOC(F)(F)C(F)=C(F)F. The van der Waals surface area contributed by atoms with Gasteiger partial charge in [0.1, 0.15) is 6.61 Å². The van der Waals surface area contributed by atoms with Crippen LogP contribution in [0.5, 0.6) is 0 Å². The van der Waals surface area contributed by atoms with Crippen LogP contribution in [-0.2, 0) is 9.84 Å². The summed E-state index contributed by atoms with van der Waals surface area (Å²) in [5.41, 5.74) is 0. The van der Waals surface area contributed by atoms with Crippen molar-refractivity contribution in [2.75, 3.05) is 13.2 Å². The topological polar surface area (TPSA) is 29.1 Å². The predicted octanol–water partition coefficient (Wildman–Crippen LogP) is 2.10. The molecule has 7 heteroatoms. The molecule has 2 nitrogen and oxygen atoms in total. The van der Waals surface area contributed by atoms with Crippen molar-refractivity contribution in [2.45, 2.75) is 6.11 Å². The van der Waals surface area contributed by atoms with Crippen molar-refractivity contribution < 1.29 is 31.8 Å². The van der Waals surface area contributed by atoms with E-state index in [2.05, 4.69) is 4.74 Å². The van der Waals surface area contributed by atoms with Crippen LogP contribution in [-0.4, -0.2) is 19.3 Å². The Bertz CT molecular complexity index is 175. The molecule has 0 aliphatic heterocycles. The minimum atomic E-state index is -4.71. The minimum Gasteiger partial charge on any atom is -0.312 e. The summed E-state index contributed by atoms with van der Waals surface area (Å²) < 4.78 is 61.4. The molecule has 0 aromatic heterocycles. The third kappa shape index (κ3) is 3.14. The molecular formula is C5H4F5O2. The lowest BCUT2D eigenvalue weighted by molar-refractivity contribution is -0.228. The number of ether oxygens (including phenoxy) is 1. The summed E-state index contributed by atoms with van der Waals surface area (Å²) in [4.78, 5) is 0. The molecule has 0 fully saturated rings. The fourth-order valence-electron chi connectivity index (χ4n) is 0.343. The summed E-state index contributed by atoms with van der Waals surface area (Å²) in [7, 11) is 0. The maximum Gasteiger partial charge on any atom is 0.414 e. The smallest absolute Gasteiger partial charge is 0.312 e. The van der Waals surface area contributed by atoms with Crippen LogP contribution in [0.15, 0.2) is 11.9 Å². The van der Waals surface area contributed by atoms with Crippen molar-refractivity contribution in [3.05, 3.63) is 11.9 Å². The lowest BCUT2D eigenvalue weighted by atomic mass is 10.5.